The van der Waals surface area contributed by atoms with Crippen LogP contribution in [0, 0.1) is 0 Å². The molecule has 1 heterocycles. The number of hydrogen-bond donors (Lipinski definition) is 1. The number of nitrogens with zero attached hydrogens (tertiary/aromatic N) is 3. The standard InChI is InChI=1S/C20H22N4O4S/c1-3-23(4-2)29(27,28)16-11-9-15(10-12-16)22-19(25)14-24-18-8-6-5-7-17(18)21-13-20(24)26/h5-13H,3-4,14H2,1-2H3,(H,22,25). The van der Waals surface area contributed by atoms with Crippen LogP contribution in [-0.2, 0) is 21.4 Å². The molecule has 0 bridgehead atoms. The molecule has 0 saturated heterocycles. The van der Waals surface area contributed by atoms with Crippen LogP contribution in [0.25, 0.3) is 11.0 Å². The summed E-state index contributed by atoms with van der Waals surface area (Å²) in [5, 5.41) is 2.69. The number of fused-ring (bicyclic) bond motifs is 1. The monoisotopic (exact) mass is 414 g/mol. The van der Waals surface area contributed by atoms with Gasteiger partial charge < -0.3 is 5.32 Å². The molecule has 0 saturated carbocycles. The maximum absolute atomic E-state index is 12.5. The van der Waals surface area contributed by atoms with Gasteiger partial charge in [-0.25, -0.2) is 13.4 Å². The van der Waals surface area contributed by atoms with Crippen LogP contribution in [0.4, 0.5) is 5.69 Å². The van der Waals surface area contributed by atoms with Crippen molar-refractivity contribution in [2.45, 2.75) is 25.3 Å². The maximum atomic E-state index is 12.5. The SMILES string of the molecule is CCN(CC)S(=O)(=O)c1ccc(NC(=O)Cn2c(=O)cnc3ccccc32)cc1. The van der Waals surface area contributed by atoms with Crippen molar-refractivity contribution >= 4 is 32.7 Å². The first-order chi connectivity index (χ1) is 13.9. The number of aromatic nitrogens is 2. The summed E-state index contributed by atoms with van der Waals surface area (Å²) < 4.78 is 27.8. The van der Waals surface area contributed by atoms with Crippen molar-refractivity contribution in [1.29, 1.82) is 0 Å². The molecule has 0 spiro atoms. The third kappa shape index (κ3) is 4.36. The first-order valence-electron chi connectivity index (χ1n) is 9.21. The normalized spacial score (nSPS) is 11.7. The van der Waals surface area contributed by atoms with Crippen molar-refractivity contribution in [3.63, 3.8) is 0 Å². The molecule has 1 N–H and O–H groups in total. The summed E-state index contributed by atoms with van der Waals surface area (Å²) in [7, 11) is -3.56. The van der Waals surface area contributed by atoms with E-state index in [2.05, 4.69) is 10.3 Å². The Bertz CT molecular complexity index is 1180. The molecule has 0 unspecified atom stereocenters. The summed E-state index contributed by atoms with van der Waals surface area (Å²) in [5.41, 5.74) is 1.25. The third-order valence-electron chi connectivity index (χ3n) is 4.54. The molecular formula is C20H22N4O4S. The highest BCUT2D eigenvalue weighted by atomic mass is 32.2. The van der Waals surface area contributed by atoms with Crippen molar-refractivity contribution in [1.82, 2.24) is 13.9 Å². The first kappa shape index (κ1) is 20.7. The van der Waals surface area contributed by atoms with E-state index in [9.17, 15) is 18.0 Å². The lowest BCUT2D eigenvalue weighted by molar-refractivity contribution is -0.116. The number of hydrogen-bond acceptors (Lipinski definition) is 5. The Hall–Kier alpha value is -3.04. The van der Waals surface area contributed by atoms with Crippen molar-refractivity contribution < 1.29 is 13.2 Å². The Kier molecular flexibility index (Phi) is 6.09. The van der Waals surface area contributed by atoms with Gasteiger partial charge in [0.1, 0.15) is 6.54 Å². The Balaban J connectivity index is 1.77. The van der Waals surface area contributed by atoms with Gasteiger partial charge in [0.2, 0.25) is 15.9 Å². The topological polar surface area (TPSA) is 101 Å². The van der Waals surface area contributed by atoms with E-state index in [1.54, 1.807) is 38.1 Å². The van der Waals surface area contributed by atoms with Gasteiger partial charge in [0, 0.05) is 18.8 Å². The average Bonchev–Trinajstić information content (AvgIpc) is 2.71. The molecule has 0 radical (unpaired) electrons. The predicted molar refractivity (Wildman–Crippen MR) is 111 cm³/mol. The second-order valence-corrected chi connectivity index (χ2v) is 8.27. The van der Waals surface area contributed by atoms with Gasteiger partial charge in [-0.2, -0.15) is 4.31 Å². The highest BCUT2D eigenvalue weighted by molar-refractivity contribution is 7.89. The molecule has 0 aliphatic carbocycles. The van der Waals surface area contributed by atoms with Crippen LogP contribution in [0.3, 0.4) is 0 Å². The van der Waals surface area contributed by atoms with Crippen LogP contribution in [0.15, 0.2) is 64.4 Å². The first-order valence-corrected chi connectivity index (χ1v) is 10.7. The number of benzene rings is 2. The van der Waals surface area contributed by atoms with E-state index < -0.39 is 15.9 Å². The summed E-state index contributed by atoms with van der Waals surface area (Å²) >= 11 is 0. The third-order valence-corrected chi connectivity index (χ3v) is 6.60. The van der Waals surface area contributed by atoms with Crippen molar-refractivity contribution in [2.75, 3.05) is 18.4 Å². The Morgan fingerprint density at radius 3 is 2.38 bits per heavy atom. The molecule has 152 valence electrons. The van der Waals surface area contributed by atoms with Gasteiger partial charge in [0.05, 0.1) is 22.1 Å². The molecule has 1 aromatic heterocycles. The second kappa shape index (κ2) is 8.54. The fraction of sp³-hybridized carbons (Fsp3) is 0.250. The van der Waals surface area contributed by atoms with Gasteiger partial charge in [-0.1, -0.05) is 26.0 Å². The average molecular weight is 414 g/mol. The summed E-state index contributed by atoms with van der Waals surface area (Å²) in [6.45, 7) is 4.14. The molecule has 3 aromatic rings. The lowest BCUT2D eigenvalue weighted by atomic mass is 10.3. The molecule has 29 heavy (non-hydrogen) atoms. The van der Waals surface area contributed by atoms with E-state index in [1.807, 2.05) is 0 Å². The number of nitrogens with one attached hydrogen (secondary N) is 1. The highest BCUT2D eigenvalue weighted by Gasteiger charge is 2.21. The van der Waals surface area contributed by atoms with E-state index in [1.165, 1.54) is 39.3 Å². The fourth-order valence-corrected chi connectivity index (χ4v) is 4.50. The smallest absolute Gasteiger partial charge is 0.269 e. The van der Waals surface area contributed by atoms with E-state index in [4.69, 9.17) is 0 Å². The number of rotatable bonds is 7. The van der Waals surface area contributed by atoms with Gasteiger partial charge in [0.15, 0.2) is 0 Å². The van der Waals surface area contributed by atoms with Crippen molar-refractivity contribution in [3.05, 3.63) is 65.1 Å². The lowest BCUT2D eigenvalue weighted by Crippen LogP contribution is -2.30. The minimum absolute atomic E-state index is 0.163. The largest absolute Gasteiger partial charge is 0.325 e. The number of carbonyl (C=O) groups excluding carboxylic acids is 1. The van der Waals surface area contributed by atoms with Gasteiger partial charge in [-0.3, -0.25) is 14.2 Å². The number of anilines is 1. The van der Waals surface area contributed by atoms with Gasteiger partial charge >= 0.3 is 0 Å². The minimum Gasteiger partial charge on any atom is -0.325 e. The summed E-state index contributed by atoms with van der Waals surface area (Å²) in [5.74, 6) is -0.400. The van der Waals surface area contributed by atoms with Crippen LogP contribution < -0.4 is 10.9 Å². The number of sulfonamides is 1. The van der Waals surface area contributed by atoms with Crippen LogP contribution in [0.5, 0.6) is 0 Å². The highest BCUT2D eigenvalue weighted by Crippen LogP contribution is 2.18. The van der Waals surface area contributed by atoms with Crippen LogP contribution in [0.2, 0.25) is 0 Å². The summed E-state index contributed by atoms with van der Waals surface area (Å²) in [4.78, 5) is 28.8. The van der Waals surface area contributed by atoms with E-state index in [0.29, 0.717) is 29.8 Å². The zero-order valence-electron chi connectivity index (χ0n) is 16.2. The zero-order valence-corrected chi connectivity index (χ0v) is 17.0. The van der Waals surface area contributed by atoms with Gasteiger partial charge in [-0.15, -0.1) is 0 Å². The molecule has 0 aliphatic rings. The molecule has 3 rings (SSSR count). The Morgan fingerprint density at radius 1 is 1.07 bits per heavy atom. The summed E-state index contributed by atoms with van der Waals surface area (Å²) in [6, 6.07) is 13.0. The van der Waals surface area contributed by atoms with Crippen molar-refractivity contribution in [3.8, 4) is 0 Å². The summed E-state index contributed by atoms with van der Waals surface area (Å²) in [6.07, 6.45) is 1.18. The molecule has 1 amide bonds. The van der Waals surface area contributed by atoms with Crippen molar-refractivity contribution in [2.24, 2.45) is 0 Å². The van der Waals surface area contributed by atoms with Crippen LogP contribution in [-0.4, -0.2) is 41.3 Å². The number of para-hydroxylation sites is 2. The molecular weight excluding hydrogens is 392 g/mol. The predicted octanol–water partition coefficient (Wildman–Crippen LogP) is 2.07. The second-order valence-electron chi connectivity index (χ2n) is 6.33. The van der Waals surface area contributed by atoms with E-state index >= 15 is 0 Å². The number of amides is 1. The van der Waals surface area contributed by atoms with E-state index in [0.717, 1.165) is 0 Å². The lowest BCUT2D eigenvalue weighted by Gasteiger charge is -2.18. The van der Waals surface area contributed by atoms with E-state index in [-0.39, 0.29) is 17.0 Å². The Morgan fingerprint density at radius 2 is 1.72 bits per heavy atom. The molecule has 8 nitrogen and oxygen atoms in total. The maximum Gasteiger partial charge on any atom is 0.269 e. The molecule has 0 fully saturated rings. The molecule has 2 aromatic carbocycles. The zero-order chi connectivity index (χ0) is 21.0. The van der Waals surface area contributed by atoms with Gasteiger partial charge in [0.25, 0.3) is 5.56 Å². The fourth-order valence-electron chi connectivity index (χ4n) is 3.04. The van der Waals surface area contributed by atoms with Crippen LogP contribution >= 0.6 is 0 Å². The molecule has 9 heteroatoms. The molecule has 0 atom stereocenters. The minimum atomic E-state index is -3.56. The van der Waals surface area contributed by atoms with Crippen LogP contribution in [0.1, 0.15) is 13.8 Å². The quantitative estimate of drug-likeness (QED) is 0.638. The Labute approximate surface area is 168 Å². The number of carbonyl (C=O) groups is 1. The molecule has 0 aliphatic heterocycles. The van der Waals surface area contributed by atoms with Gasteiger partial charge in [-0.05, 0) is 36.4 Å².